The van der Waals surface area contributed by atoms with Crippen LogP contribution in [0.5, 0.6) is 0 Å². The maximum absolute atomic E-state index is 15.0. The van der Waals surface area contributed by atoms with Crippen LogP contribution in [-0.4, -0.2) is 92.4 Å². The van der Waals surface area contributed by atoms with Gasteiger partial charge >= 0.3 is 5.97 Å². The first kappa shape index (κ1) is 40.7. The van der Waals surface area contributed by atoms with E-state index in [4.69, 9.17) is 9.47 Å². The maximum atomic E-state index is 15.0. The zero-order valence-electron chi connectivity index (χ0n) is 31.2. The lowest BCUT2D eigenvalue weighted by Gasteiger charge is -2.45. The number of likely N-dealkylation sites (tertiary alicyclic amines) is 1. The van der Waals surface area contributed by atoms with Gasteiger partial charge in [-0.3, -0.25) is 19.2 Å². The van der Waals surface area contributed by atoms with E-state index >= 15 is 4.79 Å². The number of carbonyl (C=O) groups excluding carboxylic acids is 4. The van der Waals surface area contributed by atoms with Crippen LogP contribution < -0.4 is 5.32 Å². The molecule has 0 saturated carbocycles. The van der Waals surface area contributed by atoms with Gasteiger partial charge in [0.25, 0.3) is 0 Å². The van der Waals surface area contributed by atoms with Gasteiger partial charge in [-0.05, 0) is 70.3 Å². The number of nitrogens with one attached hydrogen (secondary N) is 1. The number of nitrogens with zero attached hydrogens (tertiary/aromatic N) is 2. The molecule has 10 nitrogen and oxygen atoms in total. The van der Waals surface area contributed by atoms with Crippen LogP contribution in [0, 0.1) is 17.3 Å². The number of halogens is 1. The number of aliphatic hydroxyl groups is 1. The van der Waals surface area contributed by atoms with E-state index < -0.39 is 53.2 Å². The number of aliphatic hydroxyl groups excluding tert-OH is 1. The normalized spacial score (nSPS) is 26.7. The highest BCUT2D eigenvalue weighted by molar-refractivity contribution is 9.09. The molecule has 1 aromatic rings. The smallest absolute Gasteiger partial charge is 0.313 e. The Morgan fingerprint density at radius 3 is 2.43 bits per heavy atom. The van der Waals surface area contributed by atoms with Gasteiger partial charge in [0.05, 0.1) is 24.0 Å². The van der Waals surface area contributed by atoms with E-state index in [1.807, 2.05) is 49.1 Å². The third-order valence-corrected chi connectivity index (χ3v) is 11.3. The molecule has 3 aliphatic heterocycles. The highest BCUT2D eigenvalue weighted by Gasteiger charge is 2.77. The van der Waals surface area contributed by atoms with Crippen molar-refractivity contribution in [1.29, 1.82) is 0 Å². The Morgan fingerprint density at radius 2 is 1.82 bits per heavy atom. The molecule has 3 saturated heterocycles. The third-order valence-electron chi connectivity index (χ3n) is 10.4. The number of rotatable bonds is 18. The van der Waals surface area contributed by atoms with Crippen molar-refractivity contribution in [3.63, 3.8) is 0 Å². The second-order valence-corrected chi connectivity index (χ2v) is 17.4. The number of alkyl halides is 1. The number of fused-ring (bicyclic) bond motifs is 1. The molecule has 3 heterocycles. The van der Waals surface area contributed by atoms with Crippen LogP contribution in [0.4, 0.5) is 0 Å². The van der Waals surface area contributed by atoms with Crippen LogP contribution in [0.15, 0.2) is 55.6 Å². The molecule has 0 aliphatic carbocycles. The average molecular weight is 773 g/mol. The number of hydrogen-bond donors (Lipinski definition) is 2. The summed E-state index contributed by atoms with van der Waals surface area (Å²) in [6.07, 6.45) is 5.55. The Morgan fingerprint density at radius 1 is 1.14 bits per heavy atom. The van der Waals surface area contributed by atoms with E-state index in [1.165, 1.54) is 0 Å². The highest BCUT2D eigenvalue weighted by atomic mass is 79.9. The Hall–Kier alpha value is -3.02. The quantitative estimate of drug-likeness (QED) is 0.0827. The average Bonchev–Trinajstić information content (AvgIpc) is 3.65. The van der Waals surface area contributed by atoms with Gasteiger partial charge in [-0.25, -0.2) is 0 Å². The van der Waals surface area contributed by atoms with Crippen molar-refractivity contribution in [2.75, 3.05) is 19.7 Å². The van der Waals surface area contributed by atoms with Gasteiger partial charge in [-0.2, -0.15) is 0 Å². The number of esters is 1. The molecular weight excluding hydrogens is 714 g/mol. The van der Waals surface area contributed by atoms with Crippen molar-refractivity contribution in [2.45, 2.75) is 127 Å². The van der Waals surface area contributed by atoms with Gasteiger partial charge < -0.3 is 29.7 Å². The van der Waals surface area contributed by atoms with E-state index in [0.717, 1.165) is 0 Å². The Labute approximate surface area is 312 Å². The zero-order chi connectivity index (χ0) is 37.7. The van der Waals surface area contributed by atoms with Crippen molar-refractivity contribution in [3.8, 4) is 0 Å². The molecule has 8 atom stereocenters. The summed E-state index contributed by atoms with van der Waals surface area (Å²) in [6.45, 7) is 20.5. The molecule has 2 N–H and O–H groups in total. The van der Waals surface area contributed by atoms with Crippen LogP contribution in [-0.2, 0) is 28.7 Å². The van der Waals surface area contributed by atoms with Crippen molar-refractivity contribution >= 4 is 39.6 Å². The summed E-state index contributed by atoms with van der Waals surface area (Å²) in [5.74, 6) is -3.22. The van der Waals surface area contributed by atoms with E-state index in [0.29, 0.717) is 44.1 Å². The molecule has 11 heteroatoms. The first-order valence-electron chi connectivity index (χ1n) is 18.3. The fourth-order valence-corrected chi connectivity index (χ4v) is 9.68. The van der Waals surface area contributed by atoms with Crippen molar-refractivity contribution < 1.29 is 33.8 Å². The zero-order valence-corrected chi connectivity index (χ0v) is 32.8. The first-order chi connectivity index (χ1) is 24.0. The topological polar surface area (TPSA) is 125 Å². The second-order valence-electron chi connectivity index (χ2n) is 16.2. The highest BCUT2D eigenvalue weighted by Crippen LogP contribution is 2.61. The fourth-order valence-electron chi connectivity index (χ4n) is 8.73. The molecule has 1 aromatic carbocycles. The number of allylic oxidation sites excluding steroid dienone is 1. The molecule has 3 fully saturated rings. The minimum absolute atomic E-state index is 0.0384. The standard InChI is InChI=1S/C40H58BrN3O7/c1-9-11-20-29(46)42-26(3)32(27-18-14-12-15-19-27)50-37(49)30-31-35(47)43(22-16-13-17-23-45)34(40(31)24-28(41)33(30)51-40)36(48)44(21-10-2)39(7,8)25-38(4,5)6/h9-10,12,14-15,18-19,26,28,30-34,45H,1-2,11,13,16-17,20-25H2,3-8H3,(H,42,46)/t26-,28?,30-,31+,32-,33-,34-,40+/m0/s1. The van der Waals surface area contributed by atoms with Gasteiger partial charge in [0, 0.05) is 36.5 Å². The molecule has 3 amide bonds. The van der Waals surface area contributed by atoms with Crippen LogP contribution in [0.1, 0.15) is 98.2 Å². The summed E-state index contributed by atoms with van der Waals surface area (Å²) in [6, 6.07) is 7.69. The lowest BCUT2D eigenvalue weighted by atomic mass is 9.70. The summed E-state index contributed by atoms with van der Waals surface area (Å²) in [5, 5.41) is 12.4. The molecular formula is C40H58BrN3O7. The predicted molar refractivity (Wildman–Crippen MR) is 201 cm³/mol. The molecule has 282 valence electrons. The number of ether oxygens (including phenoxy) is 2. The minimum Gasteiger partial charge on any atom is -0.455 e. The van der Waals surface area contributed by atoms with Gasteiger partial charge in [0.1, 0.15) is 17.7 Å². The van der Waals surface area contributed by atoms with Crippen LogP contribution in [0.2, 0.25) is 0 Å². The van der Waals surface area contributed by atoms with Crippen molar-refractivity contribution in [2.24, 2.45) is 17.3 Å². The Bertz CT molecular complexity index is 1430. The Balaban J connectivity index is 1.72. The number of benzene rings is 1. The molecule has 4 rings (SSSR count). The molecule has 3 aliphatic rings. The van der Waals surface area contributed by atoms with Crippen LogP contribution >= 0.6 is 15.9 Å². The number of amides is 3. The summed E-state index contributed by atoms with van der Waals surface area (Å²) >= 11 is 3.77. The predicted octanol–water partition coefficient (Wildman–Crippen LogP) is 5.88. The fraction of sp³-hybridized carbons (Fsp3) is 0.650. The summed E-state index contributed by atoms with van der Waals surface area (Å²) < 4.78 is 13.1. The second kappa shape index (κ2) is 16.8. The molecule has 51 heavy (non-hydrogen) atoms. The molecule has 1 spiro atoms. The van der Waals surface area contributed by atoms with Gasteiger partial charge in [-0.15, -0.1) is 13.2 Å². The maximum Gasteiger partial charge on any atom is 0.313 e. The monoisotopic (exact) mass is 771 g/mol. The van der Waals surface area contributed by atoms with E-state index in [-0.39, 0.29) is 54.1 Å². The van der Waals surface area contributed by atoms with Gasteiger partial charge in [0.15, 0.2) is 0 Å². The van der Waals surface area contributed by atoms with Crippen molar-refractivity contribution in [1.82, 2.24) is 15.1 Å². The lowest BCUT2D eigenvalue weighted by molar-refractivity contribution is -0.162. The van der Waals surface area contributed by atoms with Gasteiger partial charge in [0.2, 0.25) is 17.7 Å². The number of carbonyl (C=O) groups is 4. The number of unbranched alkanes of at least 4 members (excludes halogenated alkanes) is 2. The summed E-state index contributed by atoms with van der Waals surface area (Å²) in [5.41, 5.74) is -1.22. The van der Waals surface area contributed by atoms with Crippen LogP contribution in [0.25, 0.3) is 0 Å². The summed E-state index contributed by atoms with van der Waals surface area (Å²) in [4.78, 5) is 60.1. The van der Waals surface area contributed by atoms with Crippen molar-refractivity contribution in [3.05, 3.63) is 61.2 Å². The number of hydrogen-bond acceptors (Lipinski definition) is 7. The third kappa shape index (κ3) is 8.79. The lowest BCUT2D eigenvalue weighted by Crippen LogP contribution is -2.61. The minimum atomic E-state index is -1.25. The Kier molecular flexibility index (Phi) is 13.4. The molecule has 1 unspecified atom stereocenters. The molecule has 0 radical (unpaired) electrons. The SMILES string of the molecule is C=CCCC(=O)N[C@@H](C)[C@H](OC(=O)[C@@H]1[C@H]2O[C@@]3(CC2Br)[C@H](C(=O)N(CC=C)C(C)(C)CC(C)(C)C)N(CCCCCO)C(=O)[C@@H]13)c1ccccc1. The largest absolute Gasteiger partial charge is 0.455 e. The van der Waals surface area contributed by atoms with E-state index in [1.54, 1.807) is 24.0 Å². The first-order valence-corrected chi connectivity index (χ1v) is 19.3. The summed E-state index contributed by atoms with van der Waals surface area (Å²) in [7, 11) is 0. The van der Waals surface area contributed by atoms with Gasteiger partial charge in [-0.1, -0.05) is 79.2 Å². The molecule has 2 bridgehead atoms. The molecule has 0 aromatic heterocycles. The van der Waals surface area contributed by atoms with E-state index in [9.17, 15) is 19.5 Å². The van der Waals surface area contributed by atoms with E-state index in [2.05, 4.69) is 55.2 Å². The van der Waals surface area contributed by atoms with Crippen LogP contribution in [0.3, 0.4) is 0 Å².